The average Bonchev–Trinajstić information content (AvgIpc) is 2.47. The van der Waals surface area contributed by atoms with Gasteiger partial charge in [-0.2, -0.15) is 0 Å². The van der Waals surface area contributed by atoms with Crippen molar-refractivity contribution in [1.82, 2.24) is 4.98 Å². The third-order valence-electron chi connectivity index (χ3n) is 3.03. The summed E-state index contributed by atoms with van der Waals surface area (Å²) in [6.45, 7) is 2.62. The van der Waals surface area contributed by atoms with Crippen LogP contribution in [0.5, 0.6) is 0 Å². The van der Waals surface area contributed by atoms with E-state index in [2.05, 4.69) is 15.6 Å². The maximum absolute atomic E-state index is 11.5. The highest BCUT2D eigenvalue weighted by atomic mass is 35.5. The number of anilines is 2. The van der Waals surface area contributed by atoms with Crippen molar-refractivity contribution in [3.8, 4) is 11.3 Å². The summed E-state index contributed by atoms with van der Waals surface area (Å²) in [6, 6.07) is 9.17. The lowest BCUT2D eigenvalue weighted by atomic mass is 10.1. The molecule has 0 fully saturated rings. The molecule has 1 aromatic heterocycles. The smallest absolute Gasteiger partial charge is 0.269 e. The van der Waals surface area contributed by atoms with Gasteiger partial charge in [-0.3, -0.25) is 4.79 Å². The molecule has 0 aliphatic heterocycles. The van der Waals surface area contributed by atoms with Gasteiger partial charge < -0.3 is 16.4 Å². The number of benzene rings is 1. The zero-order valence-corrected chi connectivity index (χ0v) is 12.7. The number of carbonyl (C=O) groups is 1. The Morgan fingerprint density at radius 2 is 2.00 bits per heavy atom. The summed E-state index contributed by atoms with van der Waals surface area (Å²) in [5.74, 6) is -0.564. The number of hydrogen-bond donors (Lipinski definition) is 3. The van der Waals surface area contributed by atoms with Crippen molar-refractivity contribution in [3.05, 3.63) is 41.0 Å². The number of amides is 1. The predicted octanol–water partition coefficient (Wildman–Crippen LogP) is 2.97. The van der Waals surface area contributed by atoms with Crippen molar-refractivity contribution < 1.29 is 4.79 Å². The van der Waals surface area contributed by atoms with Crippen LogP contribution in [0, 0.1) is 0 Å². The molecule has 0 unspecified atom stereocenters. The zero-order valence-electron chi connectivity index (χ0n) is 11.9. The molecule has 1 amide bonds. The van der Waals surface area contributed by atoms with Crippen molar-refractivity contribution in [3.63, 3.8) is 0 Å². The zero-order chi connectivity index (χ0) is 15.4. The molecule has 6 heteroatoms. The monoisotopic (exact) mass is 304 g/mol. The number of primary amides is 1. The van der Waals surface area contributed by atoms with Crippen LogP contribution in [0.15, 0.2) is 30.3 Å². The Labute approximate surface area is 128 Å². The standard InChI is InChI=1S/C15H17ClN4O/c1-3-19-13-7-6-11(20-14(13)15(17)21)9-4-5-12(18-2)10(16)8-9/h4-8,18-19H,3H2,1-2H3,(H2,17,21). The number of nitrogens with one attached hydrogen (secondary N) is 2. The number of halogens is 1. The number of rotatable bonds is 5. The van der Waals surface area contributed by atoms with E-state index < -0.39 is 5.91 Å². The molecule has 0 spiro atoms. The van der Waals surface area contributed by atoms with Crippen LogP contribution in [0.2, 0.25) is 5.02 Å². The van der Waals surface area contributed by atoms with E-state index in [1.54, 1.807) is 19.2 Å². The molecule has 0 bridgehead atoms. The fraction of sp³-hybridized carbons (Fsp3) is 0.200. The van der Waals surface area contributed by atoms with Crippen LogP contribution in [-0.4, -0.2) is 24.5 Å². The topological polar surface area (TPSA) is 80.0 Å². The van der Waals surface area contributed by atoms with Gasteiger partial charge in [-0.25, -0.2) is 4.98 Å². The van der Waals surface area contributed by atoms with Crippen LogP contribution in [0.3, 0.4) is 0 Å². The fourth-order valence-corrected chi connectivity index (χ4v) is 2.29. The summed E-state index contributed by atoms with van der Waals surface area (Å²) in [6.07, 6.45) is 0. The van der Waals surface area contributed by atoms with Crippen molar-refractivity contribution in [1.29, 1.82) is 0 Å². The quantitative estimate of drug-likeness (QED) is 0.793. The third-order valence-corrected chi connectivity index (χ3v) is 3.34. The minimum Gasteiger partial charge on any atom is -0.387 e. The van der Waals surface area contributed by atoms with E-state index in [1.807, 2.05) is 25.1 Å². The molecular formula is C15H17ClN4O. The van der Waals surface area contributed by atoms with E-state index in [-0.39, 0.29) is 5.69 Å². The van der Waals surface area contributed by atoms with Crippen molar-refractivity contribution in [2.75, 3.05) is 24.2 Å². The highest BCUT2D eigenvalue weighted by molar-refractivity contribution is 6.33. The minimum atomic E-state index is -0.564. The van der Waals surface area contributed by atoms with Gasteiger partial charge in [-0.15, -0.1) is 0 Å². The summed E-state index contributed by atoms with van der Waals surface area (Å²) in [5, 5.41) is 6.65. The largest absolute Gasteiger partial charge is 0.387 e. The molecule has 21 heavy (non-hydrogen) atoms. The van der Waals surface area contributed by atoms with Gasteiger partial charge in [0.05, 0.1) is 22.1 Å². The van der Waals surface area contributed by atoms with E-state index in [0.29, 0.717) is 22.9 Å². The van der Waals surface area contributed by atoms with Crippen molar-refractivity contribution >= 4 is 28.9 Å². The van der Waals surface area contributed by atoms with Gasteiger partial charge in [0.15, 0.2) is 5.69 Å². The molecule has 2 rings (SSSR count). The van der Waals surface area contributed by atoms with Crippen LogP contribution in [0.25, 0.3) is 11.3 Å². The second-order valence-corrected chi connectivity index (χ2v) is 4.84. The minimum absolute atomic E-state index is 0.225. The maximum atomic E-state index is 11.5. The molecule has 1 heterocycles. The second-order valence-electron chi connectivity index (χ2n) is 4.43. The van der Waals surface area contributed by atoms with Crippen LogP contribution in [0.1, 0.15) is 17.4 Å². The molecule has 110 valence electrons. The van der Waals surface area contributed by atoms with Crippen LogP contribution < -0.4 is 16.4 Å². The number of pyridine rings is 1. The summed E-state index contributed by atoms with van der Waals surface area (Å²) in [5.41, 5.74) is 8.55. The lowest BCUT2D eigenvalue weighted by molar-refractivity contribution is 0.0996. The van der Waals surface area contributed by atoms with Gasteiger partial charge in [0.2, 0.25) is 0 Å². The first kappa shape index (κ1) is 15.1. The molecule has 2 aromatic rings. The SMILES string of the molecule is CCNc1ccc(-c2ccc(NC)c(Cl)c2)nc1C(N)=O. The number of hydrogen-bond acceptors (Lipinski definition) is 4. The normalized spacial score (nSPS) is 10.2. The van der Waals surface area contributed by atoms with E-state index in [1.165, 1.54) is 0 Å². The second kappa shape index (κ2) is 6.45. The average molecular weight is 305 g/mol. The van der Waals surface area contributed by atoms with Gasteiger partial charge in [-0.05, 0) is 31.2 Å². The number of nitrogens with two attached hydrogens (primary N) is 1. The number of aromatic nitrogens is 1. The first-order valence-electron chi connectivity index (χ1n) is 6.59. The molecular weight excluding hydrogens is 288 g/mol. The van der Waals surface area contributed by atoms with E-state index in [0.717, 1.165) is 11.3 Å². The van der Waals surface area contributed by atoms with Crippen LogP contribution in [-0.2, 0) is 0 Å². The Hall–Kier alpha value is -2.27. The van der Waals surface area contributed by atoms with Gasteiger partial charge in [0, 0.05) is 19.2 Å². The Balaban J connectivity index is 2.47. The molecule has 0 saturated carbocycles. The molecule has 5 nitrogen and oxygen atoms in total. The lowest BCUT2D eigenvalue weighted by Gasteiger charge is -2.11. The third kappa shape index (κ3) is 3.25. The predicted molar refractivity (Wildman–Crippen MR) is 86.9 cm³/mol. The van der Waals surface area contributed by atoms with Gasteiger partial charge in [0.1, 0.15) is 0 Å². The summed E-state index contributed by atoms with van der Waals surface area (Å²) >= 11 is 6.17. The molecule has 0 atom stereocenters. The van der Waals surface area contributed by atoms with E-state index in [9.17, 15) is 4.79 Å². The summed E-state index contributed by atoms with van der Waals surface area (Å²) in [7, 11) is 1.80. The Morgan fingerprint density at radius 1 is 1.29 bits per heavy atom. The first-order chi connectivity index (χ1) is 10.1. The van der Waals surface area contributed by atoms with Gasteiger partial charge >= 0.3 is 0 Å². The summed E-state index contributed by atoms with van der Waals surface area (Å²) < 4.78 is 0. The van der Waals surface area contributed by atoms with E-state index in [4.69, 9.17) is 17.3 Å². The molecule has 0 aliphatic rings. The molecule has 1 aromatic carbocycles. The Bertz CT molecular complexity index is 673. The highest BCUT2D eigenvalue weighted by Gasteiger charge is 2.12. The van der Waals surface area contributed by atoms with Crippen LogP contribution >= 0.6 is 11.6 Å². The molecule has 0 radical (unpaired) electrons. The van der Waals surface area contributed by atoms with Crippen molar-refractivity contribution in [2.45, 2.75) is 6.92 Å². The molecule has 4 N–H and O–H groups in total. The van der Waals surface area contributed by atoms with Gasteiger partial charge in [-0.1, -0.05) is 17.7 Å². The fourth-order valence-electron chi connectivity index (χ4n) is 2.02. The summed E-state index contributed by atoms with van der Waals surface area (Å²) in [4.78, 5) is 15.9. The van der Waals surface area contributed by atoms with Crippen LogP contribution in [0.4, 0.5) is 11.4 Å². The maximum Gasteiger partial charge on any atom is 0.269 e. The molecule has 0 saturated heterocycles. The van der Waals surface area contributed by atoms with E-state index >= 15 is 0 Å². The molecule has 0 aliphatic carbocycles. The number of nitrogens with zero attached hydrogens (tertiary/aromatic N) is 1. The first-order valence-corrected chi connectivity index (χ1v) is 6.97. The van der Waals surface area contributed by atoms with Gasteiger partial charge in [0.25, 0.3) is 5.91 Å². The highest BCUT2D eigenvalue weighted by Crippen LogP contribution is 2.28. The number of carbonyl (C=O) groups excluding carboxylic acids is 1. The Kier molecular flexibility index (Phi) is 4.65. The lowest BCUT2D eigenvalue weighted by Crippen LogP contribution is -2.16. The Morgan fingerprint density at radius 3 is 2.57 bits per heavy atom. The van der Waals surface area contributed by atoms with Crippen molar-refractivity contribution in [2.24, 2.45) is 5.73 Å².